The van der Waals surface area contributed by atoms with Gasteiger partial charge in [-0.3, -0.25) is 4.68 Å². The van der Waals surface area contributed by atoms with Gasteiger partial charge in [-0.25, -0.2) is 0 Å². The zero-order valence-electron chi connectivity index (χ0n) is 8.95. The van der Waals surface area contributed by atoms with E-state index in [0.29, 0.717) is 6.54 Å². The van der Waals surface area contributed by atoms with E-state index in [4.69, 9.17) is 5.73 Å². The summed E-state index contributed by atoms with van der Waals surface area (Å²) in [6.45, 7) is 1.46. The average molecular weight is 203 g/mol. The van der Waals surface area contributed by atoms with Crippen LogP contribution in [0.2, 0.25) is 0 Å². The Morgan fingerprint density at radius 1 is 1.47 bits per heavy atom. The smallest absolute Gasteiger partial charge is 0.0646 e. The maximum absolute atomic E-state index is 5.31. The molecular formula is C12H17N3. The van der Waals surface area contributed by atoms with E-state index in [0.717, 1.165) is 18.0 Å². The van der Waals surface area contributed by atoms with Gasteiger partial charge in [0.2, 0.25) is 0 Å². The van der Waals surface area contributed by atoms with Crippen LogP contribution in [0.1, 0.15) is 31.2 Å². The van der Waals surface area contributed by atoms with E-state index < -0.39 is 0 Å². The highest BCUT2D eigenvalue weighted by Crippen LogP contribution is 2.25. The second kappa shape index (κ2) is 4.99. The number of hydrogen-bond acceptors (Lipinski definition) is 2. The van der Waals surface area contributed by atoms with Crippen LogP contribution in [0.5, 0.6) is 0 Å². The summed E-state index contributed by atoms with van der Waals surface area (Å²) in [5, 5.41) is 4.31. The van der Waals surface area contributed by atoms with E-state index in [2.05, 4.69) is 16.9 Å². The van der Waals surface area contributed by atoms with E-state index in [1.54, 1.807) is 0 Å². The van der Waals surface area contributed by atoms with Gasteiger partial charge in [0, 0.05) is 12.7 Å². The van der Waals surface area contributed by atoms with Crippen LogP contribution in [0, 0.1) is 17.8 Å². The lowest BCUT2D eigenvalue weighted by atomic mass is 10.1. The summed E-state index contributed by atoms with van der Waals surface area (Å²) in [4.78, 5) is 0. The first-order chi connectivity index (χ1) is 7.38. The predicted octanol–water partition coefficient (Wildman–Crippen LogP) is 1.38. The van der Waals surface area contributed by atoms with Gasteiger partial charge in [-0.05, 0) is 18.8 Å². The van der Waals surface area contributed by atoms with E-state index in [1.165, 1.54) is 25.7 Å². The van der Waals surface area contributed by atoms with E-state index in [-0.39, 0.29) is 0 Å². The molecule has 0 bridgehead atoms. The van der Waals surface area contributed by atoms with Crippen LogP contribution in [0.3, 0.4) is 0 Å². The Balaban J connectivity index is 1.94. The van der Waals surface area contributed by atoms with Crippen LogP contribution < -0.4 is 5.73 Å². The molecule has 1 aliphatic rings. The minimum absolute atomic E-state index is 0.411. The summed E-state index contributed by atoms with van der Waals surface area (Å²) in [6.07, 6.45) is 9.30. The van der Waals surface area contributed by atoms with Crippen molar-refractivity contribution in [2.75, 3.05) is 6.54 Å². The summed E-state index contributed by atoms with van der Waals surface area (Å²) in [7, 11) is 0. The van der Waals surface area contributed by atoms with Crippen LogP contribution in [0.4, 0.5) is 0 Å². The van der Waals surface area contributed by atoms with Crippen molar-refractivity contribution < 1.29 is 0 Å². The van der Waals surface area contributed by atoms with Gasteiger partial charge in [0.05, 0.1) is 18.3 Å². The van der Waals surface area contributed by atoms with Crippen LogP contribution >= 0.6 is 0 Å². The molecule has 0 aliphatic heterocycles. The molecule has 3 heteroatoms. The molecule has 0 saturated heterocycles. The largest absolute Gasteiger partial charge is 0.320 e. The molecule has 2 N–H and O–H groups in total. The van der Waals surface area contributed by atoms with Crippen molar-refractivity contribution in [3.8, 4) is 11.8 Å². The fourth-order valence-corrected chi connectivity index (χ4v) is 2.14. The van der Waals surface area contributed by atoms with Gasteiger partial charge in [-0.1, -0.05) is 24.7 Å². The van der Waals surface area contributed by atoms with Gasteiger partial charge in [-0.2, -0.15) is 5.10 Å². The average Bonchev–Trinajstić information content (AvgIpc) is 2.87. The van der Waals surface area contributed by atoms with Crippen molar-refractivity contribution >= 4 is 0 Å². The molecule has 3 nitrogen and oxygen atoms in total. The Kier molecular flexibility index (Phi) is 3.41. The fraction of sp³-hybridized carbons (Fsp3) is 0.583. The summed E-state index contributed by atoms with van der Waals surface area (Å²) < 4.78 is 2.01. The van der Waals surface area contributed by atoms with E-state index >= 15 is 0 Å². The number of rotatable bonds is 2. The maximum Gasteiger partial charge on any atom is 0.0646 e. The van der Waals surface area contributed by atoms with Crippen molar-refractivity contribution in [3.63, 3.8) is 0 Å². The molecule has 80 valence electrons. The SMILES string of the molecule is NCC#Cc1cnn(CC2CCCC2)c1. The van der Waals surface area contributed by atoms with E-state index in [1.807, 2.05) is 17.1 Å². The van der Waals surface area contributed by atoms with Gasteiger partial charge in [0.1, 0.15) is 0 Å². The molecule has 0 unspecified atom stereocenters. The van der Waals surface area contributed by atoms with Crippen molar-refractivity contribution in [2.24, 2.45) is 11.7 Å². The molecule has 1 fully saturated rings. The third-order valence-electron chi connectivity index (χ3n) is 2.89. The number of aromatic nitrogens is 2. The van der Waals surface area contributed by atoms with E-state index in [9.17, 15) is 0 Å². The molecule has 1 aromatic heterocycles. The van der Waals surface area contributed by atoms with Crippen molar-refractivity contribution in [1.29, 1.82) is 0 Å². The van der Waals surface area contributed by atoms with Crippen molar-refractivity contribution in [3.05, 3.63) is 18.0 Å². The second-order valence-electron chi connectivity index (χ2n) is 4.11. The molecule has 0 spiro atoms. The summed E-state index contributed by atoms with van der Waals surface area (Å²) in [5.74, 6) is 6.65. The molecule has 1 saturated carbocycles. The van der Waals surface area contributed by atoms with Crippen molar-refractivity contribution in [2.45, 2.75) is 32.2 Å². The topological polar surface area (TPSA) is 43.8 Å². The maximum atomic E-state index is 5.31. The van der Waals surface area contributed by atoms with Gasteiger partial charge >= 0.3 is 0 Å². The van der Waals surface area contributed by atoms with Gasteiger partial charge in [0.25, 0.3) is 0 Å². The summed E-state index contributed by atoms with van der Waals surface area (Å²) in [6, 6.07) is 0. The zero-order valence-corrected chi connectivity index (χ0v) is 8.95. The minimum Gasteiger partial charge on any atom is -0.320 e. The lowest BCUT2D eigenvalue weighted by Gasteiger charge is -2.07. The molecule has 1 aliphatic carbocycles. The summed E-state index contributed by atoms with van der Waals surface area (Å²) in [5.41, 5.74) is 6.29. The monoisotopic (exact) mass is 203 g/mol. The molecular weight excluding hydrogens is 186 g/mol. The highest BCUT2D eigenvalue weighted by Gasteiger charge is 2.15. The first-order valence-electron chi connectivity index (χ1n) is 5.60. The third-order valence-corrected chi connectivity index (χ3v) is 2.89. The Bertz CT molecular complexity index is 364. The quantitative estimate of drug-likeness (QED) is 0.738. The third kappa shape index (κ3) is 2.84. The van der Waals surface area contributed by atoms with Gasteiger partial charge in [-0.15, -0.1) is 0 Å². The van der Waals surface area contributed by atoms with Crippen LogP contribution in [-0.2, 0) is 6.54 Å². The molecule has 15 heavy (non-hydrogen) atoms. The zero-order chi connectivity index (χ0) is 10.5. The molecule has 1 aromatic rings. The van der Waals surface area contributed by atoms with Crippen LogP contribution in [0.25, 0.3) is 0 Å². The standard InChI is InChI=1S/C12H17N3/c13-7-3-6-12-8-14-15(10-12)9-11-4-1-2-5-11/h8,10-11H,1-2,4-5,7,9,13H2. The first-order valence-corrected chi connectivity index (χ1v) is 5.60. The van der Waals surface area contributed by atoms with Gasteiger partial charge in [0.15, 0.2) is 0 Å². The normalized spacial score (nSPS) is 16.3. The number of hydrogen-bond donors (Lipinski definition) is 1. The number of nitrogens with zero attached hydrogens (tertiary/aromatic N) is 2. The highest BCUT2D eigenvalue weighted by molar-refractivity contribution is 5.29. The lowest BCUT2D eigenvalue weighted by Crippen LogP contribution is -2.07. The Morgan fingerprint density at radius 3 is 3.00 bits per heavy atom. The molecule has 0 amide bonds. The number of nitrogens with two attached hydrogens (primary N) is 1. The van der Waals surface area contributed by atoms with Gasteiger partial charge < -0.3 is 5.73 Å². The first kappa shape index (κ1) is 10.3. The molecule has 0 atom stereocenters. The predicted molar refractivity (Wildman–Crippen MR) is 60.1 cm³/mol. The Hall–Kier alpha value is -1.27. The highest BCUT2D eigenvalue weighted by atomic mass is 15.3. The second-order valence-corrected chi connectivity index (χ2v) is 4.11. The van der Waals surface area contributed by atoms with Crippen LogP contribution in [-0.4, -0.2) is 16.3 Å². The van der Waals surface area contributed by atoms with Crippen LogP contribution in [0.15, 0.2) is 12.4 Å². The molecule has 2 rings (SSSR count). The Morgan fingerprint density at radius 2 is 2.27 bits per heavy atom. The van der Waals surface area contributed by atoms with Crippen molar-refractivity contribution in [1.82, 2.24) is 9.78 Å². The molecule has 0 radical (unpaired) electrons. The summed E-state index contributed by atoms with van der Waals surface area (Å²) >= 11 is 0. The minimum atomic E-state index is 0.411. The fourth-order valence-electron chi connectivity index (χ4n) is 2.14. The Labute approximate surface area is 90.7 Å². The molecule has 0 aromatic carbocycles. The molecule has 1 heterocycles. The lowest BCUT2D eigenvalue weighted by molar-refractivity contribution is 0.429.